The fraction of sp³-hybridized carbons (Fsp3) is 0.200. The third-order valence-corrected chi connectivity index (χ3v) is 5.21. The number of carbonyl (C=O) groups is 1. The SMILES string of the molecule is C=C(/N=C(\C(=N/N)c1ccc(C(F)(F)F)cc1)c1ccncc1Cl)N1CC(N)(C(N)=O)C1. The summed E-state index contributed by atoms with van der Waals surface area (Å²) >= 11 is 6.28. The van der Waals surface area contributed by atoms with Gasteiger partial charge in [-0.2, -0.15) is 18.3 Å². The molecule has 168 valence electrons. The summed E-state index contributed by atoms with van der Waals surface area (Å²) in [6.45, 7) is 4.07. The van der Waals surface area contributed by atoms with Gasteiger partial charge in [-0.3, -0.25) is 9.78 Å². The lowest BCUT2D eigenvalue weighted by molar-refractivity contribution is -0.137. The molecule has 2 heterocycles. The molecule has 1 amide bonds. The average molecular weight is 466 g/mol. The fourth-order valence-electron chi connectivity index (χ4n) is 3.07. The quantitative estimate of drug-likeness (QED) is 0.340. The first kappa shape index (κ1) is 23.2. The number of pyridine rings is 1. The number of carbonyl (C=O) groups excluding carboxylic acids is 1. The maximum atomic E-state index is 12.9. The van der Waals surface area contributed by atoms with E-state index in [1.54, 1.807) is 11.0 Å². The van der Waals surface area contributed by atoms with E-state index in [0.29, 0.717) is 5.56 Å². The van der Waals surface area contributed by atoms with Gasteiger partial charge >= 0.3 is 6.18 Å². The van der Waals surface area contributed by atoms with Gasteiger partial charge in [0, 0.05) is 36.6 Å². The van der Waals surface area contributed by atoms with Gasteiger partial charge in [-0.05, 0) is 18.2 Å². The first-order chi connectivity index (χ1) is 15.0. The summed E-state index contributed by atoms with van der Waals surface area (Å²) in [6, 6.07) is 5.82. The van der Waals surface area contributed by atoms with Crippen molar-refractivity contribution in [2.75, 3.05) is 13.1 Å². The fourth-order valence-corrected chi connectivity index (χ4v) is 3.28. The van der Waals surface area contributed by atoms with Crippen LogP contribution in [0.25, 0.3) is 0 Å². The third-order valence-electron chi connectivity index (χ3n) is 4.91. The lowest BCUT2D eigenvalue weighted by Crippen LogP contribution is -2.72. The number of nitrogens with zero attached hydrogens (tertiary/aromatic N) is 4. The highest BCUT2D eigenvalue weighted by atomic mass is 35.5. The number of alkyl halides is 3. The van der Waals surface area contributed by atoms with Crippen molar-refractivity contribution in [1.29, 1.82) is 0 Å². The molecule has 1 saturated heterocycles. The Hall–Kier alpha value is -3.44. The number of rotatable bonds is 6. The van der Waals surface area contributed by atoms with Crippen molar-refractivity contribution in [3.8, 4) is 0 Å². The monoisotopic (exact) mass is 465 g/mol. The van der Waals surface area contributed by atoms with Crippen molar-refractivity contribution in [2.45, 2.75) is 11.7 Å². The van der Waals surface area contributed by atoms with Crippen molar-refractivity contribution in [1.82, 2.24) is 9.88 Å². The molecule has 12 heteroatoms. The minimum Gasteiger partial charge on any atom is -0.368 e. The topological polar surface area (TPSA) is 136 Å². The number of nitrogens with two attached hydrogens (primary N) is 3. The number of hydrogen-bond acceptors (Lipinski definition) is 7. The van der Waals surface area contributed by atoms with Crippen LogP contribution in [0.15, 0.2) is 65.2 Å². The van der Waals surface area contributed by atoms with E-state index >= 15 is 0 Å². The molecule has 0 spiro atoms. The number of primary amides is 1. The van der Waals surface area contributed by atoms with E-state index in [1.165, 1.54) is 24.5 Å². The number of benzene rings is 1. The molecular weight excluding hydrogens is 447 g/mol. The van der Waals surface area contributed by atoms with E-state index in [9.17, 15) is 18.0 Å². The van der Waals surface area contributed by atoms with Gasteiger partial charge in [-0.25, -0.2) is 4.99 Å². The van der Waals surface area contributed by atoms with Gasteiger partial charge in [-0.15, -0.1) is 0 Å². The van der Waals surface area contributed by atoms with Crippen LogP contribution < -0.4 is 17.3 Å². The zero-order valence-electron chi connectivity index (χ0n) is 16.6. The molecule has 1 aromatic heterocycles. The lowest BCUT2D eigenvalue weighted by Gasteiger charge is -2.46. The molecule has 0 radical (unpaired) electrons. The molecule has 6 N–H and O–H groups in total. The van der Waals surface area contributed by atoms with Crippen LogP contribution in [0.2, 0.25) is 5.02 Å². The molecular formula is C20H19ClF3N7O. The molecule has 1 aliphatic rings. The van der Waals surface area contributed by atoms with Crippen LogP contribution in [0, 0.1) is 0 Å². The molecule has 0 aliphatic carbocycles. The van der Waals surface area contributed by atoms with Gasteiger partial charge in [0.15, 0.2) is 0 Å². The summed E-state index contributed by atoms with van der Waals surface area (Å²) in [6.07, 6.45) is -1.66. The minimum atomic E-state index is -4.50. The Bertz CT molecular complexity index is 1110. The van der Waals surface area contributed by atoms with Crippen molar-refractivity contribution < 1.29 is 18.0 Å². The van der Waals surface area contributed by atoms with Crippen LogP contribution in [0.1, 0.15) is 16.7 Å². The predicted molar refractivity (Wildman–Crippen MR) is 115 cm³/mol. The summed E-state index contributed by atoms with van der Waals surface area (Å²) in [5.74, 6) is 5.16. The Morgan fingerprint density at radius 2 is 1.81 bits per heavy atom. The van der Waals surface area contributed by atoms with Crippen LogP contribution in [-0.2, 0) is 11.0 Å². The first-order valence-corrected chi connectivity index (χ1v) is 9.51. The van der Waals surface area contributed by atoms with E-state index in [2.05, 4.69) is 21.7 Å². The molecule has 32 heavy (non-hydrogen) atoms. The van der Waals surface area contributed by atoms with Crippen LogP contribution >= 0.6 is 11.6 Å². The first-order valence-electron chi connectivity index (χ1n) is 9.13. The summed E-state index contributed by atoms with van der Waals surface area (Å²) in [5.41, 5.74) is 10.0. The molecule has 8 nitrogen and oxygen atoms in total. The highest BCUT2D eigenvalue weighted by molar-refractivity contribution is 6.55. The summed E-state index contributed by atoms with van der Waals surface area (Å²) in [4.78, 5) is 21.5. The van der Waals surface area contributed by atoms with Gasteiger partial charge in [0.25, 0.3) is 0 Å². The lowest BCUT2D eigenvalue weighted by atomic mass is 9.90. The average Bonchev–Trinajstić information content (AvgIpc) is 2.71. The molecule has 0 unspecified atom stereocenters. The van der Waals surface area contributed by atoms with Crippen molar-refractivity contribution in [2.24, 2.45) is 27.4 Å². The van der Waals surface area contributed by atoms with Gasteiger partial charge in [0.2, 0.25) is 5.91 Å². The number of halogens is 4. The highest BCUT2D eigenvalue weighted by Crippen LogP contribution is 2.30. The van der Waals surface area contributed by atoms with Crippen LogP contribution in [-0.4, -0.2) is 45.8 Å². The Kier molecular flexibility index (Phi) is 6.24. The Morgan fingerprint density at radius 3 is 2.31 bits per heavy atom. The van der Waals surface area contributed by atoms with Crippen molar-refractivity contribution in [3.63, 3.8) is 0 Å². The van der Waals surface area contributed by atoms with Crippen LogP contribution in [0.4, 0.5) is 13.2 Å². The molecule has 0 atom stereocenters. The van der Waals surface area contributed by atoms with Crippen molar-refractivity contribution >= 4 is 28.9 Å². The largest absolute Gasteiger partial charge is 0.416 e. The summed E-state index contributed by atoms with van der Waals surface area (Å²) in [7, 11) is 0. The maximum Gasteiger partial charge on any atom is 0.416 e. The highest BCUT2D eigenvalue weighted by Gasteiger charge is 2.45. The Balaban J connectivity index is 2.01. The van der Waals surface area contributed by atoms with Crippen molar-refractivity contribution in [3.05, 3.63) is 76.8 Å². The van der Waals surface area contributed by atoms with Crippen LogP contribution in [0.3, 0.4) is 0 Å². The van der Waals surface area contributed by atoms with E-state index in [4.69, 9.17) is 28.9 Å². The number of likely N-dealkylation sites (tertiary alicyclic amines) is 1. The number of amides is 1. The number of hydrazone groups is 1. The zero-order valence-corrected chi connectivity index (χ0v) is 17.4. The van der Waals surface area contributed by atoms with E-state index in [-0.39, 0.29) is 40.9 Å². The predicted octanol–water partition coefficient (Wildman–Crippen LogP) is 1.88. The second kappa shape index (κ2) is 8.60. The second-order valence-corrected chi connectivity index (χ2v) is 7.57. The number of aromatic nitrogens is 1. The summed E-state index contributed by atoms with van der Waals surface area (Å²) < 4.78 is 38.8. The standard InChI is InChI=1S/C20H19ClF3N7O/c1-11(31-9-19(26,10-31)18(25)32)29-17(14-6-7-28-8-15(14)21)16(30-27)12-2-4-13(5-3-12)20(22,23)24/h2-8H,1,9-10,26-27H2,(H2,25,32)/b29-17-,30-16-. The van der Waals surface area contributed by atoms with E-state index < -0.39 is 23.2 Å². The van der Waals surface area contributed by atoms with E-state index in [1.807, 2.05) is 0 Å². The van der Waals surface area contributed by atoms with Gasteiger partial charge in [0.05, 0.1) is 10.6 Å². The van der Waals surface area contributed by atoms with Gasteiger partial charge in [-0.1, -0.05) is 30.3 Å². The molecule has 0 saturated carbocycles. The third kappa shape index (κ3) is 4.58. The Morgan fingerprint density at radius 1 is 1.19 bits per heavy atom. The zero-order chi connectivity index (χ0) is 23.7. The summed E-state index contributed by atoms with van der Waals surface area (Å²) in [5, 5.41) is 3.96. The van der Waals surface area contributed by atoms with E-state index in [0.717, 1.165) is 12.1 Å². The Labute approximate surface area is 186 Å². The van der Waals surface area contributed by atoms with Gasteiger partial charge in [0.1, 0.15) is 22.8 Å². The normalized spacial score (nSPS) is 16.5. The molecule has 2 aromatic rings. The van der Waals surface area contributed by atoms with Gasteiger partial charge < -0.3 is 22.2 Å². The molecule has 3 rings (SSSR count). The second-order valence-electron chi connectivity index (χ2n) is 7.16. The molecule has 1 aliphatic heterocycles. The molecule has 0 bridgehead atoms. The van der Waals surface area contributed by atoms with Crippen LogP contribution in [0.5, 0.6) is 0 Å². The molecule has 1 fully saturated rings. The smallest absolute Gasteiger partial charge is 0.368 e. The number of hydrogen-bond donors (Lipinski definition) is 3. The minimum absolute atomic E-state index is 0.0717. The number of aliphatic imine (C=N–C) groups is 1. The molecule has 1 aromatic carbocycles. The maximum absolute atomic E-state index is 12.9.